The maximum Gasteiger partial charge on any atom is 0.0915 e. The largest absolute Gasteiger partial charge is 0.355 e. The van der Waals surface area contributed by atoms with Gasteiger partial charge in [-0.25, -0.2) is 15.0 Å². The maximum absolute atomic E-state index is 4.95. The van der Waals surface area contributed by atoms with Crippen molar-refractivity contribution in [3.05, 3.63) is 272 Å². The van der Waals surface area contributed by atoms with Crippen LogP contribution in [0.25, 0.3) is 68.3 Å². The van der Waals surface area contributed by atoms with Crippen LogP contribution in [0.3, 0.4) is 0 Å². The molecule has 0 saturated carbocycles. The zero-order valence-electron chi connectivity index (χ0n) is 40.9. The second kappa shape index (κ2) is 21.6. The van der Waals surface area contributed by atoms with E-state index in [4.69, 9.17) is 15.0 Å². The molecule has 12 aromatic rings. The molecule has 0 amide bonds. The normalized spacial score (nSPS) is 11.0. The lowest BCUT2D eigenvalue weighted by atomic mass is 9.85. The third-order valence-electron chi connectivity index (χ3n) is 12.6. The number of pyridine rings is 9. The predicted molar refractivity (Wildman–Crippen MR) is 302 cm³/mol. The molecular weight excluding hydrogens is 937 g/mol. The van der Waals surface area contributed by atoms with Crippen LogP contribution in [0.1, 0.15) is 22.6 Å². The van der Waals surface area contributed by atoms with Crippen LogP contribution in [0.4, 0.5) is 34.1 Å². The summed E-state index contributed by atoms with van der Waals surface area (Å²) in [5, 5.41) is 11.0. The Morgan fingerprint density at radius 1 is 0.211 bits per heavy atom. The van der Waals surface area contributed by atoms with Gasteiger partial charge >= 0.3 is 0 Å². The van der Waals surface area contributed by atoms with E-state index in [1.54, 1.807) is 37.2 Å². The van der Waals surface area contributed by atoms with E-state index in [9.17, 15) is 0 Å². The van der Waals surface area contributed by atoms with Gasteiger partial charge in [0.2, 0.25) is 0 Å². The smallest absolute Gasteiger partial charge is 0.0915 e. The average Bonchev–Trinajstić information content (AvgIpc) is 3.50. The lowest BCUT2D eigenvalue weighted by Gasteiger charge is -2.21. The van der Waals surface area contributed by atoms with Crippen LogP contribution in [-0.2, 0) is 0 Å². The Hall–Kier alpha value is -10.6. The summed E-state index contributed by atoms with van der Waals surface area (Å²) < 4.78 is 0. The molecule has 12 heteroatoms. The SMILES string of the molecule is c1ccc(-c2cc(Nc3ccc(C(c4ccc(Nc5cc(-c6ccccn6)nc(-c6ccccn6)c5)cc4)c4ccc(Nc5cc(-c6ccccn6)nc(-c6ccccn6)c5)cc4)cc3)cc(-c3ccccn3)n2)nc1. The first-order chi connectivity index (χ1) is 37.6. The number of benzene rings is 3. The number of anilines is 6. The van der Waals surface area contributed by atoms with Crippen molar-refractivity contribution in [2.45, 2.75) is 5.92 Å². The van der Waals surface area contributed by atoms with Crippen LogP contribution in [0.5, 0.6) is 0 Å². The molecule has 76 heavy (non-hydrogen) atoms. The van der Waals surface area contributed by atoms with Crippen LogP contribution in [-0.4, -0.2) is 44.9 Å². The highest BCUT2D eigenvalue weighted by molar-refractivity contribution is 5.76. The van der Waals surface area contributed by atoms with E-state index in [0.717, 1.165) is 119 Å². The van der Waals surface area contributed by atoms with Gasteiger partial charge in [-0.05, 0) is 162 Å². The molecule has 0 fully saturated rings. The number of nitrogens with zero attached hydrogens (tertiary/aromatic N) is 9. The highest BCUT2D eigenvalue weighted by Crippen LogP contribution is 2.37. The number of rotatable bonds is 15. The van der Waals surface area contributed by atoms with Gasteiger partial charge in [0, 0.05) is 77.2 Å². The zero-order chi connectivity index (χ0) is 50.9. The van der Waals surface area contributed by atoms with E-state index >= 15 is 0 Å². The predicted octanol–water partition coefficient (Wildman–Crippen LogP) is 14.7. The van der Waals surface area contributed by atoms with Crippen molar-refractivity contribution in [2.24, 2.45) is 0 Å². The van der Waals surface area contributed by atoms with Gasteiger partial charge in [0.05, 0.1) is 68.3 Å². The fourth-order valence-corrected chi connectivity index (χ4v) is 9.04. The molecule has 0 bridgehead atoms. The minimum absolute atomic E-state index is 0.121. The molecule has 0 aliphatic heterocycles. The summed E-state index contributed by atoms with van der Waals surface area (Å²) in [6, 6.07) is 73.0. The Morgan fingerprint density at radius 3 is 0.605 bits per heavy atom. The average molecular weight is 983 g/mol. The molecule has 9 aromatic heterocycles. The van der Waals surface area contributed by atoms with Gasteiger partial charge in [0.25, 0.3) is 0 Å². The number of hydrogen-bond donors (Lipinski definition) is 3. The van der Waals surface area contributed by atoms with Crippen LogP contribution >= 0.6 is 0 Å². The van der Waals surface area contributed by atoms with Crippen molar-refractivity contribution in [3.63, 3.8) is 0 Å². The molecule has 3 N–H and O–H groups in total. The molecular formula is C64H46N12. The fraction of sp³-hybridized carbons (Fsp3) is 0.0156. The Labute approximate surface area is 439 Å². The quantitative estimate of drug-likeness (QED) is 0.0838. The standard InChI is InChI=1S/C64H46N12/c1-7-31-65-52(13-1)58-37-49(38-59(74-58)53-14-2-8-32-66-53)71-46-25-19-43(20-26-46)64(44-21-27-47(28-22-44)72-50-39-60(54-15-3-9-33-67-54)75-61(40-50)55-16-4-10-34-68-55)45-23-29-48(30-24-45)73-51-41-62(56-17-5-11-35-69-56)76-63(42-51)57-18-6-12-36-70-57/h1-42,64H,(H,71,74)(H,72,75)(H,73,76). The monoisotopic (exact) mass is 982 g/mol. The molecule has 0 radical (unpaired) electrons. The van der Waals surface area contributed by atoms with Crippen LogP contribution < -0.4 is 16.0 Å². The second-order valence-corrected chi connectivity index (χ2v) is 17.8. The van der Waals surface area contributed by atoms with Crippen LogP contribution in [0, 0.1) is 0 Å². The highest BCUT2D eigenvalue weighted by Gasteiger charge is 2.19. The molecule has 0 aliphatic rings. The molecule has 0 unspecified atom stereocenters. The molecule has 0 spiro atoms. The Bertz CT molecular complexity index is 3270. The zero-order valence-corrected chi connectivity index (χ0v) is 40.9. The van der Waals surface area contributed by atoms with Gasteiger partial charge < -0.3 is 16.0 Å². The summed E-state index contributed by atoms with van der Waals surface area (Å²) in [5.74, 6) is -0.121. The fourth-order valence-electron chi connectivity index (χ4n) is 9.04. The number of nitrogens with one attached hydrogen (secondary N) is 3. The molecule has 0 aliphatic carbocycles. The molecule has 0 atom stereocenters. The molecule has 0 saturated heterocycles. The summed E-state index contributed by atoms with van der Waals surface area (Å²) >= 11 is 0. The summed E-state index contributed by atoms with van der Waals surface area (Å²) in [7, 11) is 0. The third kappa shape index (κ3) is 10.8. The molecule has 9 heterocycles. The topological polar surface area (TPSA) is 152 Å². The summed E-state index contributed by atoms with van der Waals surface area (Å²) in [6.45, 7) is 0. The van der Waals surface area contributed by atoms with Gasteiger partial charge in [0.1, 0.15) is 0 Å². The lowest BCUT2D eigenvalue weighted by Crippen LogP contribution is -2.05. The second-order valence-electron chi connectivity index (χ2n) is 17.8. The van der Waals surface area contributed by atoms with Gasteiger partial charge in [-0.15, -0.1) is 0 Å². The van der Waals surface area contributed by atoms with Gasteiger partial charge in [-0.2, -0.15) is 0 Å². The summed E-state index contributed by atoms with van der Waals surface area (Å²) in [5.41, 5.74) is 17.9. The number of aromatic nitrogens is 9. The minimum atomic E-state index is -0.121. The van der Waals surface area contributed by atoms with Crippen molar-refractivity contribution in [3.8, 4) is 68.3 Å². The highest BCUT2D eigenvalue weighted by atomic mass is 14.9. The van der Waals surface area contributed by atoms with Gasteiger partial charge in [0.15, 0.2) is 0 Å². The Kier molecular flexibility index (Phi) is 13.2. The maximum atomic E-state index is 4.95. The van der Waals surface area contributed by atoms with Crippen molar-refractivity contribution in [1.82, 2.24) is 44.9 Å². The van der Waals surface area contributed by atoms with Crippen molar-refractivity contribution >= 4 is 34.1 Å². The van der Waals surface area contributed by atoms with E-state index in [-0.39, 0.29) is 5.92 Å². The number of hydrogen-bond acceptors (Lipinski definition) is 12. The Morgan fingerprint density at radius 2 is 0.421 bits per heavy atom. The van der Waals surface area contributed by atoms with Crippen molar-refractivity contribution < 1.29 is 0 Å². The molecule has 12 rings (SSSR count). The molecule has 3 aromatic carbocycles. The van der Waals surface area contributed by atoms with E-state index in [0.29, 0.717) is 0 Å². The third-order valence-corrected chi connectivity index (χ3v) is 12.6. The van der Waals surface area contributed by atoms with Crippen LogP contribution in [0.15, 0.2) is 256 Å². The van der Waals surface area contributed by atoms with Crippen molar-refractivity contribution in [2.75, 3.05) is 16.0 Å². The van der Waals surface area contributed by atoms with E-state index in [1.807, 2.05) is 146 Å². The molecule has 12 nitrogen and oxygen atoms in total. The first kappa shape index (κ1) is 46.5. The lowest BCUT2D eigenvalue weighted by molar-refractivity contribution is 0.978. The van der Waals surface area contributed by atoms with Crippen LogP contribution in [0.2, 0.25) is 0 Å². The van der Waals surface area contributed by atoms with Gasteiger partial charge in [-0.1, -0.05) is 72.8 Å². The Balaban J connectivity index is 0.872. The van der Waals surface area contributed by atoms with Crippen molar-refractivity contribution in [1.29, 1.82) is 0 Å². The summed E-state index contributed by atoms with van der Waals surface area (Å²) in [4.78, 5) is 42.5. The minimum Gasteiger partial charge on any atom is -0.355 e. The van der Waals surface area contributed by atoms with E-state index in [2.05, 4.69) is 119 Å². The first-order valence-corrected chi connectivity index (χ1v) is 24.8. The summed E-state index contributed by atoms with van der Waals surface area (Å²) in [6.07, 6.45) is 10.7. The van der Waals surface area contributed by atoms with Gasteiger partial charge in [-0.3, -0.25) is 29.9 Å². The van der Waals surface area contributed by atoms with E-state index < -0.39 is 0 Å². The first-order valence-electron chi connectivity index (χ1n) is 24.8. The molecule has 362 valence electrons. The van der Waals surface area contributed by atoms with E-state index in [1.165, 1.54) is 0 Å².